The molecule has 0 aliphatic carbocycles. The van der Waals surface area contributed by atoms with Crippen molar-refractivity contribution in [2.75, 3.05) is 18.0 Å². The highest BCUT2D eigenvalue weighted by atomic mass is 16.1. The van der Waals surface area contributed by atoms with E-state index in [4.69, 9.17) is 5.26 Å². The summed E-state index contributed by atoms with van der Waals surface area (Å²) in [7, 11) is 1.70. The lowest BCUT2D eigenvalue weighted by Gasteiger charge is -2.20. The average Bonchev–Trinajstić information content (AvgIpc) is 2.79. The molecule has 0 radical (unpaired) electrons. The van der Waals surface area contributed by atoms with Crippen LogP contribution in [-0.4, -0.2) is 17.7 Å². The zero-order chi connectivity index (χ0) is 11.7. The van der Waals surface area contributed by atoms with Gasteiger partial charge in [-0.2, -0.15) is 5.26 Å². The van der Waals surface area contributed by atoms with Gasteiger partial charge in [-0.3, -0.25) is 4.79 Å². The van der Waals surface area contributed by atoms with E-state index in [0.29, 0.717) is 0 Å². The summed E-state index contributed by atoms with van der Waals surface area (Å²) in [6.45, 7) is 3.78. The van der Waals surface area contributed by atoms with Crippen molar-refractivity contribution in [1.82, 2.24) is 4.57 Å². The van der Waals surface area contributed by atoms with Gasteiger partial charge in [-0.1, -0.05) is 0 Å². The highest BCUT2D eigenvalue weighted by molar-refractivity contribution is 5.59. The third-order valence-corrected chi connectivity index (χ3v) is 3.21. The largest absolute Gasteiger partial charge is 0.370 e. The molecule has 2 rings (SSSR count). The first-order valence-electron chi connectivity index (χ1n) is 5.51. The van der Waals surface area contributed by atoms with Gasteiger partial charge >= 0.3 is 0 Å². The molecule has 0 spiro atoms. The van der Waals surface area contributed by atoms with Gasteiger partial charge in [0.2, 0.25) is 0 Å². The minimum absolute atomic E-state index is 0.190. The van der Waals surface area contributed by atoms with Crippen LogP contribution in [0, 0.1) is 18.3 Å². The van der Waals surface area contributed by atoms with Crippen LogP contribution in [0.25, 0.3) is 0 Å². The van der Waals surface area contributed by atoms with Crippen molar-refractivity contribution >= 4 is 5.69 Å². The summed E-state index contributed by atoms with van der Waals surface area (Å²) >= 11 is 0. The fraction of sp³-hybridized carbons (Fsp3) is 0.500. The van der Waals surface area contributed by atoms with Crippen molar-refractivity contribution in [2.45, 2.75) is 19.8 Å². The van der Waals surface area contributed by atoms with Gasteiger partial charge in [0.1, 0.15) is 11.6 Å². The van der Waals surface area contributed by atoms with Gasteiger partial charge in [-0.15, -0.1) is 0 Å². The Labute approximate surface area is 94.7 Å². The lowest BCUT2D eigenvalue weighted by Crippen LogP contribution is -2.27. The molecule has 1 aromatic heterocycles. The summed E-state index contributed by atoms with van der Waals surface area (Å²) in [6.07, 6.45) is 2.28. The molecule has 0 atom stereocenters. The first-order chi connectivity index (χ1) is 7.65. The van der Waals surface area contributed by atoms with Gasteiger partial charge in [0.25, 0.3) is 5.56 Å². The van der Waals surface area contributed by atoms with E-state index < -0.39 is 0 Å². The Morgan fingerprint density at radius 2 is 2.00 bits per heavy atom. The SMILES string of the molecule is Cc1cc(N2CCCC2)c(C#N)c(=O)n1C. The van der Waals surface area contributed by atoms with E-state index in [2.05, 4.69) is 4.90 Å². The Kier molecular flexibility index (Phi) is 2.69. The number of pyridine rings is 1. The minimum atomic E-state index is -0.190. The van der Waals surface area contributed by atoms with E-state index in [9.17, 15) is 4.79 Å². The summed E-state index contributed by atoms with van der Waals surface area (Å²) in [5, 5.41) is 9.08. The van der Waals surface area contributed by atoms with Gasteiger partial charge in [0, 0.05) is 25.8 Å². The molecule has 16 heavy (non-hydrogen) atoms. The molecule has 0 N–H and O–H groups in total. The molecule has 1 fully saturated rings. The highest BCUT2D eigenvalue weighted by Gasteiger charge is 2.19. The van der Waals surface area contributed by atoms with Crippen molar-refractivity contribution in [1.29, 1.82) is 5.26 Å². The van der Waals surface area contributed by atoms with Crippen LogP contribution >= 0.6 is 0 Å². The molecule has 0 bridgehead atoms. The molecule has 0 amide bonds. The lowest BCUT2D eigenvalue weighted by molar-refractivity contribution is 0.807. The second kappa shape index (κ2) is 4.01. The maximum Gasteiger partial charge on any atom is 0.270 e. The fourth-order valence-corrected chi connectivity index (χ4v) is 2.12. The summed E-state index contributed by atoms with van der Waals surface area (Å²) in [5.74, 6) is 0. The molecule has 1 aromatic rings. The average molecular weight is 217 g/mol. The Morgan fingerprint density at radius 3 is 2.56 bits per heavy atom. The molecular weight excluding hydrogens is 202 g/mol. The van der Waals surface area contributed by atoms with Crippen molar-refractivity contribution in [2.24, 2.45) is 7.05 Å². The number of aromatic nitrogens is 1. The normalized spacial score (nSPS) is 15.2. The van der Waals surface area contributed by atoms with Crippen LogP contribution in [0.15, 0.2) is 10.9 Å². The van der Waals surface area contributed by atoms with Gasteiger partial charge in [0.05, 0.1) is 5.69 Å². The smallest absolute Gasteiger partial charge is 0.270 e. The second-order valence-corrected chi connectivity index (χ2v) is 4.22. The molecule has 4 nitrogen and oxygen atoms in total. The number of hydrogen-bond donors (Lipinski definition) is 0. The van der Waals surface area contributed by atoms with Crippen molar-refractivity contribution < 1.29 is 0 Å². The van der Waals surface area contributed by atoms with Crippen LogP contribution in [-0.2, 0) is 7.05 Å². The molecule has 0 aromatic carbocycles. The number of rotatable bonds is 1. The zero-order valence-corrected chi connectivity index (χ0v) is 9.66. The van der Waals surface area contributed by atoms with Crippen LogP contribution in [0.5, 0.6) is 0 Å². The molecule has 1 aliphatic heterocycles. The summed E-state index contributed by atoms with van der Waals surface area (Å²) < 4.78 is 1.53. The van der Waals surface area contributed by atoms with Crippen LogP contribution < -0.4 is 10.5 Å². The molecule has 1 aliphatic rings. The van der Waals surface area contributed by atoms with Crippen molar-refractivity contribution in [3.8, 4) is 6.07 Å². The Bertz CT molecular complexity index is 504. The zero-order valence-electron chi connectivity index (χ0n) is 9.66. The van der Waals surface area contributed by atoms with Gasteiger partial charge in [-0.25, -0.2) is 0 Å². The Hall–Kier alpha value is -1.76. The predicted molar refractivity (Wildman–Crippen MR) is 62.6 cm³/mol. The van der Waals surface area contributed by atoms with Crippen molar-refractivity contribution in [3.63, 3.8) is 0 Å². The third-order valence-electron chi connectivity index (χ3n) is 3.21. The van der Waals surface area contributed by atoms with E-state index in [-0.39, 0.29) is 11.1 Å². The maximum atomic E-state index is 11.9. The Balaban J connectivity index is 2.61. The molecule has 1 saturated heterocycles. The number of hydrogen-bond acceptors (Lipinski definition) is 3. The van der Waals surface area contributed by atoms with Crippen LogP contribution in [0.2, 0.25) is 0 Å². The molecule has 4 heteroatoms. The van der Waals surface area contributed by atoms with E-state index in [1.54, 1.807) is 7.05 Å². The van der Waals surface area contributed by atoms with Crippen LogP contribution in [0.3, 0.4) is 0 Å². The summed E-state index contributed by atoms with van der Waals surface area (Å²) in [4.78, 5) is 14.0. The van der Waals surface area contributed by atoms with Gasteiger partial charge < -0.3 is 9.47 Å². The molecule has 2 heterocycles. The topological polar surface area (TPSA) is 49.0 Å². The predicted octanol–water partition coefficient (Wildman–Crippen LogP) is 1.17. The third kappa shape index (κ3) is 1.58. The standard InChI is InChI=1S/C12H15N3O/c1-9-7-11(15-5-3-4-6-15)10(8-13)12(16)14(9)2/h7H,3-6H2,1-2H3. The monoisotopic (exact) mass is 217 g/mol. The molecule has 0 saturated carbocycles. The maximum absolute atomic E-state index is 11.9. The quantitative estimate of drug-likeness (QED) is 0.709. The number of nitriles is 1. The molecule has 0 unspecified atom stereocenters. The molecule has 84 valence electrons. The van der Waals surface area contributed by atoms with Crippen LogP contribution in [0.4, 0.5) is 5.69 Å². The first-order valence-corrected chi connectivity index (χ1v) is 5.51. The number of nitrogens with zero attached hydrogens (tertiary/aromatic N) is 3. The summed E-state index contributed by atoms with van der Waals surface area (Å²) in [5.41, 5.74) is 1.78. The summed E-state index contributed by atoms with van der Waals surface area (Å²) in [6, 6.07) is 3.97. The van der Waals surface area contributed by atoms with E-state index in [1.165, 1.54) is 4.57 Å². The second-order valence-electron chi connectivity index (χ2n) is 4.22. The highest BCUT2D eigenvalue weighted by Crippen LogP contribution is 2.22. The van der Waals surface area contributed by atoms with Gasteiger partial charge in [-0.05, 0) is 25.8 Å². The van der Waals surface area contributed by atoms with Crippen LogP contribution in [0.1, 0.15) is 24.1 Å². The Morgan fingerprint density at radius 1 is 1.38 bits per heavy atom. The van der Waals surface area contributed by atoms with Crippen molar-refractivity contribution in [3.05, 3.63) is 27.7 Å². The fourth-order valence-electron chi connectivity index (χ4n) is 2.12. The molecular formula is C12H15N3O. The van der Waals surface area contributed by atoms with E-state index >= 15 is 0 Å². The lowest BCUT2D eigenvalue weighted by atomic mass is 10.2. The van der Waals surface area contributed by atoms with E-state index in [0.717, 1.165) is 37.3 Å². The van der Waals surface area contributed by atoms with Gasteiger partial charge in [0.15, 0.2) is 0 Å². The van der Waals surface area contributed by atoms with E-state index in [1.807, 2.05) is 19.1 Å². The first kappa shape index (κ1) is 10.7. The number of aryl methyl sites for hydroxylation is 1. The minimum Gasteiger partial charge on any atom is -0.370 e. The number of anilines is 1.